The van der Waals surface area contributed by atoms with E-state index in [0.717, 1.165) is 22.3 Å². The second-order valence-electron chi connectivity index (χ2n) is 6.13. The second-order valence-corrected chi connectivity index (χ2v) is 9.51. The molecular formula is C23H17ClFP. The number of hydrogen-bond acceptors (Lipinski definition) is 0. The minimum absolute atomic E-state index is 0.569. The maximum atomic E-state index is 16.0. The summed E-state index contributed by atoms with van der Waals surface area (Å²) in [6, 6.07) is 29.2. The van der Waals surface area contributed by atoms with Crippen molar-refractivity contribution in [3.05, 3.63) is 120 Å². The van der Waals surface area contributed by atoms with Crippen LogP contribution in [0.1, 0.15) is 16.7 Å². The molecule has 0 nitrogen and oxygen atoms in total. The Morgan fingerprint density at radius 1 is 0.577 bits per heavy atom. The lowest BCUT2D eigenvalue weighted by Gasteiger charge is -2.24. The van der Waals surface area contributed by atoms with Gasteiger partial charge in [-0.3, -0.25) is 0 Å². The average molecular weight is 379 g/mol. The summed E-state index contributed by atoms with van der Waals surface area (Å²) in [5, 5.41) is 1.14. The van der Waals surface area contributed by atoms with Gasteiger partial charge in [0.25, 0.3) is 0 Å². The normalized spacial score (nSPS) is 19.7. The van der Waals surface area contributed by atoms with E-state index in [1.165, 1.54) is 0 Å². The first-order valence-electron chi connectivity index (χ1n) is 8.42. The van der Waals surface area contributed by atoms with Gasteiger partial charge in [-0.2, -0.15) is 0 Å². The molecule has 3 heteroatoms. The summed E-state index contributed by atoms with van der Waals surface area (Å²) in [4.78, 5) is 0. The molecule has 128 valence electrons. The highest BCUT2D eigenvalue weighted by Gasteiger charge is 2.30. The van der Waals surface area contributed by atoms with Crippen molar-refractivity contribution in [2.45, 2.75) is 0 Å². The van der Waals surface area contributed by atoms with Gasteiger partial charge in [0.15, 0.2) is 6.55 Å². The van der Waals surface area contributed by atoms with E-state index in [2.05, 4.69) is 0 Å². The summed E-state index contributed by atoms with van der Waals surface area (Å²) in [5.41, 5.74) is 3.67. The van der Waals surface area contributed by atoms with E-state index < -0.39 is 6.55 Å². The Hall–Kier alpha value is -2.34. The molecule has 1 atom stereocenters. The number of rotatable bonds is 3. The molecule has 0 amide bonds. The van der Waals surface area contributed by atoms with Crippen molar-refractivity contribution in [2.75, 3.05) is 0 Å². The molecule has 3 aromatic carbocycles. The molecular weight excluding hydrogens is 362 g/mol. The molecule has 1 aliphatic rings. The first kappa shape index (κ1) is 17.1. The molecule has 0 saturated carbocycles. The van der Waals surface area contributed by atoms with Gasteiger partial charge >= 0.3 is 0 Å². The van der Waals surface area contributed by atoms with Crippen LogP contribution in [0.4, 0.5) is 4.20 Å². The minimum atomic E-state index is -3.48. The molecule has 0 radical (unpaired) electrons. The number of allylic oxidation sites excluding steroid dienone is 3. The summed E-state index contributed by atoms with van der Waals surface area (Å²) in [7, 11) is 0. The predicted octanol–water partition coefficient (Wildman–Crippen LogP) is 7.40. The van der Waals surface area contributed by atoms with Crippen LogP contribution in [0.25, 0.3) is 10.9 Å². The van der Waals surface area contributed by atoms with E-state index in [1.54, 1.807) is 0 Å². The Kier molecular flexibility index (Phi) is 4.68. The number of hydrogen-bond donors (Lipinski definition) is 0. The van der Waals surface area contributed by atoms with Gasteiger partial charge in [-0.15, -0.1) is 0 Å². The lowest BCUT2D eigenvalue weighted by atomic mass is 10.0. The molecule has 0 N–H and O–H groups in total. The Balaban J connectivity index is 1.99. The molecule has 0 spiro atoms. The van der Waals surface area contributed by atoms with Crippen molar-refractivity contribution in [3.8, 4) is 0 Å². The SMILES string of the molecule is FP1(Cl)=C(c2ccccc2)C=C(c2ccccc2)C=C1c1ccccc1. The molecule has 0 aliphatic carbocycles. The lowest BCUT2D eigenvalue weighted by Crippen LogP contribution is -2.04. The van der Waals surface area contributed by atoms with E-state index >= 15 is 4.20 Å². The quantitative estimate of drug-likeness (QED) is 0.416. The van der Waals surface area contributed by atoms with Gasteiger partial charge in [0.05, 0.1) is 0 Å². The summed E-state index contributed by atoms with van der Waals surface area (Å²) in [5.74, 6) is 0. The lowest BCUT2D eigenvalue weighted by molar-refractivity contribution is 0.918. The molecule has 0 aromatic heterocycles. The van der Waals surface area contributed by atoms with Crippen LogP contribution in [0.2, 0.25) is 0 Å². The third-order valence-corrected chi connectivity index (χ3v) is 7.51. The zero-order valence-corrected chi connectivity index (χ0v) is 15.7. The molecule has 0 saturated heterocycles. The van der Waals surface area contributed by atoms with Crippen LogP contribution in [0.15, 0.2) is 103 Å². The van der Waals surface area contributed by atoms with Gasteiger partial charge in [0.2, 0.25) is 0 Å². The Morgan fingerprint density at radius 3 is 1.58 bits per heavy atom. The second kappa shape index (κ2) is 7.11. The zero-order valence-electron chi connectivity index (χ0n) is 14.0. The van der Waals surface area contributed by atoms with Crippen molar-refractivity contribution in [1.29, 1.82) is 0 Å². The Labute approximate surface area is 158 Å². The zero-order chi connectivity index (χ0) is 18.0. The third-order valence-electron chi connectivity index (χ3n) is 4.44. The molecule has 0 bridgehead atoms. The van der Waals surface area contributed by atoms with Crippen LogP contribution in [0.3, 0.4) is 0 Å². The summed E-state index contributed by atoms with van der Waals surface area (Å²) in [6.07, 6.45) is 3.80. The fraction of sp³-hybridized carbons (Fsp3) is 0. The van der Waals surface area contributed by atoms with E-state index in [0.29, 0.717) is 10.6 Å². The van der Waals surface area contributed by atoms with Crippen LogP contribution in [0.5, 0.6) is 0 Å². The predicted molar refractivity (Wildman–Crippen MR) is 113 cm³/mol. The Bertz CT molecular complexity index is 1030. The number of benzene rings is 3. The fourth-order valence-corrected chi connectivity index (χ4v) is 5.82. The highest BCUT2D eigenvalue weighted by atomic mass is 35.7. The van der Waals surface area contributed by atoms with Gasteiger partial charge in [-0.05, 0) is 34.4 Å². The standard InChI is InChI=1S/C23H17ClFP/c24-26(25)22(19-12-6-2-7-13-19)16-21(18-10-4-1-5-11-18)17-23(26)20-14-8-3-9-15-20/h1-17H. The van der Waals surface area contributed by atoms with Crippen molar-refractivity contribution in [2.24, 2.45) is 0 Å². The monoisotopic (exact) mass is 378 g/mol. The summed E-state index contributed by atoms with van der Waals surface area (Å²) < 4.78 is 16.0. The van der Waals surface area contributed by atoms with Crippen molar-refractivity contribution in [3.63, 3.8) is 0 Å². The number of halogens is 2. The molecule has 0 fully saturated rings. The first-order valence-corrected chi connectivity index (χ1v) is 11.0. The van der Waals surface area contributed by atoms with Gasteiger partial charge in [0, 0.05) is 10.6 Å². The van der Waals surface area contributed by atoms with Crippen LogP contribution in [-0.2, 0) is 0 Å². The molecule has 1 unspecified atom stereocenters. The van der Waals surface area contributed by atoms with Crippen molar-refractivity contribution in [1.82, 2.24) is 0 Å². The van der Waals surface area contributed by atoms with Crippen LogP contribution >= 0.6 is 17.8 Å². The summed E-state index contributed by atoms with van der Waals surface area (Å²) >= 11 is 6.62. The molecule has 1 heterocycles. The van der Waals surface area contributed by atoms with Crippen LogP contribution in [0, 0.1) is 0 Å². The van der Waals surface area contributed by atoms with E-state index in [1.807, 2.05) is 103 Å². The van der Waals surface area contributed by atoms with Crippen LogP contribution < -0.4 is 0 Å². The van der Waals surface area contributed by atoms with Gasteiger partial charge < -0.3 is 0 Å². The average Bonchev–Trinajstić information content (AvgIpc) is 2.69. The fourth-order valence-electron chi connectivity index (χ4n) is 3.13. The van der Waals surface area contributed by atoms with Gasteiger partial charge in [0.1, 0.15) is 0 Å². The minimum Gasteiger partial charge on any atom is -0.207 e. The molecule has 3 aromatic rings. The highest BCUT2D eigenvalue weighted by molar-refractivity contribution is 8.02. The van der Waals surface area contributed by atoms with Gasteiger partial charge in [-0.1, -0.05) is 102 Å². The third kappa shape index (κ3) is 3.21. The van der Waals surface area contributed by atoms with Crippen molar-refractivity contribution < 1.29 is 4.20 Å². The smallest absolute Gasteiger partial charge is 0.174 e. The molecule has 1 aliphatic heterocycles. The van der Waals surface area contributed by atoms with E-state index in [-0.39, 0.29) is 0 Å². The largest absolute Gasteiger partial charge is 0.207 e. The maximum Gasteiger partial charge on any atom is 0.174 e. The maximum absolute atomic E-state index is 16.0. The molecule has 4 rings (SSSR count). The van der Waals surface area contributed by atoms with Crippen LogP contribution in [-0.4, -0.2) is 5.29 Å². The highest BCUT2D eigenvalue weighted by Crippen LogP contribution is 2.69. The Morgan fingerprint density at radius 2 is 1.04 bits per heavy atom. The van der Waals surface area contributed by atoms with Crippen molar-refractivity contribution >= 4 is 34.0 Å². The topological polar surface area (TPSA) is 0 Å². The van der Waals surface area contributed by atoms with Gasteiger partial charge in [-0.25, -0.2) is 4.20 Å². The first-order chi connectivity index (χ1) is 12.7. The molecule has 26 heavy (non-hydrogen) atoms. The van der Waals surface area contributed by atoms with E-state index in [4.69, 9.17) is 11.2 Å². The summed E-state index contributed by atoms with van der Waals surface area (Å²) in [6.45, 7) is -3.48. The van der Waals surface area contributed by atoms with E-state index in [9.17, 15) is 0 Å².